The molecule has 1 heterocycles. The fourth-order valence-corrected chi connectivity index (χ4v) is 2.11. The van der Waals surface area contributed by atoms with Crippen LogP contribution in [-0.4, -0.2) is 40.3 Å². The Kier molecular flexibility index (Phi) is 3.53. The van der Waals surface area contributed by atoms with E-state index in [9.17, 15) is 13.2 Å². The molecule has 0 N–H and O–H groups in total. The molecule has 0 bridgehead atoms. The molecular formula is C11H13NO5S. The van der Waals surface area contributed by atoms with Crippen molar-refractivity contribution in [3.05, 3.63) is 24.3 Å². The van der Waals surface area contributed by atoms with Gasteiger partial charge in [0, 0.05) is 12.2 Å². The van der Waals surface area contributed by atoms with Gasteiger partial charge < -0.3 is 13.8 Å². The van der Waals surface area contributed by atoms with Gasteiger partial charge in [-0.05, 0) is 24.3 Å². The third kappa shape index (κ3) is 3.21. The van der Waals surface area contributed by atoms with Gasteiger partial charge in [-0.15, -0.1) is 0 Å². The number of nitrogens with zero attached hydrogens (tertiary/aromatic N) is 1. The molecule has 1 fully saturated rings. The van der Waals surface area contributed by atoms with E-state index in [2.05, 4.69) is 0 Å². The van der Waals surface area contributed by atoms with E-state index in [0.717, 1.165) is 6.26 Å². The van der Waals surface area contributed by atoms with E-state index < -0.39 is 10.1 Å². The van der Waals surface area contributed by atoms with Crippen LogP contribution in [0.5, 0.6) is 5.75 Å². The Hall–Kier alpha value is -1.60. The lowest BCUT2D eigenvalue weighted by atomic mass is 10.2. The number of hydrogen-bond donors (Lipinski definition) is 0. The Morgan fingerprint density at radius 2 is 1.94 bits per heavy atom. The van der Waals surface area contributed by atoms with Gasteiger partial charge in [-0.25, -0.2) is 0 Å². The van der Waals surface area contributed by atoms with Crippen LogP contribution >= 0.6 is 0 Å². The Balaban J connectivity index is 2.14. The number of rotatable bonds is 3. The quantitative estimate of drug-likeness (QED) is 0.743. The van der Waals surface area contributed by atoms with Gasteiger partial charge in [-0.3, -0.25) is 4.79 Å². The molecule has 0 unspecified atom stereocenters. The van der Waals surface area contributed by atoms with Crippen LogP contribution < -0.4 is 9.08 Å². The Morgan fingerprint density at radius 1 is 1.28 bits per heavy atom. The Labute approximate surface area is 105 Å². The molecule has 1 saturated heterocycles. The average molecular weight is 271 g/mol. The van der Waals surface area contributed by atoms with E-state index in [1.165, 1.54) is 12.1 Å². The molecule has 1 aliphatic heterocycles. The zero-order valence-corrected chi connectivity index (χ0v) is 10.6. The second-order valence-electron chi connectivity index (χ2n) is 3.88. The van der Waals surface area contributed by atoms with Gasteiger partial charge in [-0.1, -0.05) is 0 Å². The van der Waals surface area contributed by atoms with Gasteiger partial charge in [0.15, 0.2) is 0 Å². The highest BCUT2D eigenvalue weighted by atomic mass is 32.2. The number of carbonyl (C=O) groups is 1. The van der Waals surface area contributed by atoms with Gasteiger partial charge in [0.05, 0.1) is 12.9 Å². The highest BCUT2D eigenvalue weighted by Gasteiger charge is 2.20. The van der Waals surface area contributed by atoms with Crippen LogP contribution in [0, 0.1) is 0 Å². The smallest absolute Gasteiger partial charge is 0.306 e. The van der Waals surface area contributed by atoms with Crippen LogP contribution in [0.2, 0.25) is 0 Å². The van der Waals surface area contributed by atoms with Crippen molar-refractivity contribution in [3.63, 3.8) is 0 Å². The summed E-state index contributed by atoms with van der Waals surface area (Å²) in [6, 6.07) is 6.31. The van der Waals surface area contributed by atoms with Crippen molar-refractivity contribution in [1.82, 2.24) is 0 Å². The van der Waals surface area contributed by atoms with Crippen LogP contribution in [0.15, 0.2) is 24.3 Å². The summed E-state index contributed by atoms with van der Waals surface area (Å²) >= 11 is 0. The first-order valence-electron chi connectivity index (χ1n) is 5.33. The highest BCUT2D eigenvalue weighted by Crippen LogP contribution is 2.21. The zero-order valence-electron chi connectivity index (χ0n) is 9.83. The van der Waals surface area contributed by atoms with Crippen molar-refractivity contribution in [2.75, 3.05) is 30.9 Å². The SMILES string of the molecule is CS(=O)(=O)Oc1ccc(N2CCOCC2=O)cc1. The molecule has 0 radical (unpaired) electrons. The van der Waals surface area contributed by atoms with Crippen molar-refractivity contribution in [1.29, 1.82) is 0 Å². The fraction of sp³-hybridized carbons (Fsp3) is 0.364. The van der Waals surface area contributed by atoms with Crippen LogP contribution in [-0.2, 0) is 19.6 Å². The third-order valence-electron chi connectivity index (χ3n) is 2.38. The molecule has 0 saturated carbocycles. The summed E-state index contributed by atoms with van der Waals surface area (Å²) in [5.74, 6) is 0.111. The molecule has 98 valence electrons. The minimum atomic E-state index is -3.53. The molecule has 0 spiro atoms. The number of hydrogen-bond acceptors (Lipinski definition) is 5. The number of benzene rings is 1. The highest BCUT2D eigenvalue weighted by molar-refractivity contribution is 7.86. The van der Waals surface area contributed by atoms with Crippen molar-refractivity contribution in [2.24, 2.45) is 0 Å². The number of ether oxygens (including phenoxy) is 1. The molecule has 1 aromatic rings. The fourth-order valence-electron chi connectivity index (χ4n) is 1.65. The lowest BCUT2D eigenvalue weighted by Crippen LogP contribution is -2.41. The van der Waals surface area contributed by atoms with Gasteiger partial charge in [0.25, 0.3) is 5.91 Å². The summed E-state index contributed by atoms with van der Waals surface area (Å²) in [6.07, 6.45) is 0.979. The molecule has 7 heteroatoms. The van der Waals surface area contributed by atoms with Crippen molar-refractivity contribution in [2.45, 2.75) is 0 Å². The maximum Gasteiger partial charge on any atom is 0.306 e. The van der Waals surface area contributed by atoms with E-state index in [-0.39, 0.29) is 18.3 Å². The second-order valence-corrected chi connectivity index (χ2v) is 5.45. The van der Waals surface area contributed by atoms with Gasteiger partial charge in [-0.2, -0.15) is 8.42 Å². The number of morpholine rings is 1. The molecule has 2 rings (SSSR count). The van der Waals surface area contributed by atoms with E-state index in [1.54, 1.807) is 17.0 Å². The molecule has 0 aliphatic carbocycles. The van der Waals surface area contributed by atoms with E-state index in [0.29, 0.717) is 18.8 Å². The molecule has 1 aromatic carbocycles. The summed E-state index contributed by atoms with van der Waals surface area (Å²) in [6.45, 7) is 1.06. The third-order valence-corrected chi connectivity index (χ3v) is 2.88. The molecule has 1 aliphatic rings. The van der Waals surface area contributed by atoms with E-state index in [4.69, 9.17) is 8.92 Å². The van der Waals surface area contributed by atoms with Gasteiger partial charge in [0.2, 0.25) is 0 Å². The molecule has 1 amide bonds. The summed E-state index contributed by atoms with van der Waals surface area (Å²) in [4.78, 5) is 13.2. The van der Waals surface area contributed by atoms with Crippen LogP contribution in [0.3, 0.4) is 0 Å². The monoisotopic (exact) mass is 271 g/mol. The van der Waals surface area contributed by atoms with Crippen molar-refractivity contribution < 1.29 is 22.1 Å². The summed E-state index contributed by atoms with van der Waals surface area (Å²) in [5.41, 5.74) is 0.698. The first-order valence-corrected chi connectivity index (χ1v) is 7.15. The Bertz CT molecular complexity index is 537. The number of amides is 1. The minimum absolute atomic E-state index is 0.0710. The maximum atomic E-state index is 11.6. The van der Waals surface area contributed by atoms with Crippen LogP contribution in [0.4, 0.5) is 5.69 Å². The van der Waals surface area contributed by atoms with Crippen LogP contribution in [0.25, 0.3) is 0 Å². The standard InChI is InChI=1S/C11H13NO5S/c1-18(14,15)17-10-4-2-9(3-5-10)12-6-7-16-8-11(12)13/h2-5H,6-8H2,1H3. The summed E-state index contributed by atoms with van der Waals surface area (Å²) in [7, 11) is -3.53. The maximum absolute atomic E-state index is 11.6. The predicted octanol–water partition coefficient (Wildman–Crippen LogP) is 0.388. The lowest BCUT2D eigenvalue weighted by Gasteiger charge is -2.26. The minimum Gasteiger partial charge on any atom is -0.383 e. The lowest BCUT2D eigenvalue weighted by molar-refractivity contribution is -0.125. The molecule has 0 atom stereocenters. The Morgan fingerprint density at radius 3 is 2.50 bits per heavy atom. The normalized spacial score (nSPS) is 16.7. The largest absolute Gasteiger partial charge is 0.383 e. The first kappa shape index (κ1) is 12.8. The summed E-state index contributed by atoms with van der Waals surface area (Å²) in [5, 5.41) is 0. The van der Waals surface area contributed by atoms with Crippen LogP contribution in [0.1, 0.15) is 0 Å². The molecule has 6 nitrogen and oxygen atoms in total. The summed E-state index contributed by atoms with van der Waals surface area (Å²) < 4.78 is 31.6. The van der Waals surface area contributed by atoms with E-state index in [1.807, 2.05) is 0 Å². The molecular weight excluding hydrogens is 258 g/mol. The van der Waals surface area contributed by atoms with Gasteiger partial charge in [0.1, 0.15) is 12.4 Å². The van der Waals surface area contributed by atoms with Crippen molar-refractivity contribution in [3.8, 4) is 5.75 Å². The number of anilines is 1. The zero-order chi connectivity index (χ0) is 13.2. The molecule has 18 heavy (non-hydrogen) atoms. The van der Waals surface area contributed by atoms with E-state index >= 15 is 0 Å². The topological polar surface area (TPSA) is 72.9 Å². The predicted molar refractivity (Wildman–Crippen MR) is 65.1 cm³/mol. The van der Waals surface area contributed by atoms with Gasteiger partial charge >= 0.3 is 10.1 Å². The number of carbonyl (C=O) groups excluding carboxylic acids is 1. The second kappa shape index (κ2) is 4.95. The molecule has 0 aromatic heterocycles. The van der Waals surface area contributed by atoms with Crippen molar-refractivity contribution >= 4 is 21.7 Å². The average Bonchev–Trinajstić information content (AvgIpc) is 2.29. The first-order chi connectivity index (χ1) is 8.46.